The summed E-state index contributed by atoms with van der Waals surface area (Å²) in [6, 6.07) is 10.1. The Kier molecular flexibility index (Phi) is 4.94. The highest BCUT2D eigenvalue weighted by Gasteiger charge is 2.27. The van der Waals surface area contributed by atoms with Crippen LogP contribution in [0.4, 0.5) is 5.69 Å². The quantitative estimate of drug-likeness (QED) is 0.349. The van der Waals surface area contributed by atoms with Gasteiger partial charge in [-0.3, -0.25) is 25.1 Å². The summed E-state index contributed by atoms with van der Waals surface area (Å²) in [6.45, 7) is 0. The van der Waals surface area contributed by atoms with Gasteiger partial charge in [0, 0.05) is 17.4 Å². The Hall–Kier alpha value is -3.41. The molecule has 1 aromatic heterocycles. The Morgan fingerprint density at radius 2 is 2.03 bits per heavy atom. The van der Waals surface area contributed by atoms with Crippen molar-refractivity contribution in [3.8, 4) is 5.88 Å². The van der Waals surface area contributed by atoms with Gasteiger partial charge in [0.2, 0.25) is 5.88 Å². The standard InChI is InChI=1S/C18H9ClN4O5S2/c19-11-4-2-1-3-9(11)15(24)21-22-17(26)14(30-18(22)29)13-10-7-8(23(27)28)5-6-12(10)20-16(13)25/h1-7,26H,(H,21,24). The van der Waals surface area contributed by atoms with Gasteiger partial charge in [0.05, 0.1) is 26.4 Å². The lowest BCUT2D eigenvalue weighted by atomic mass is 10.1. The van der Waals surface area contributed by atoms with Gasteiger partial charge >= 0.3 is 0 Å². The molecular weight excluding hydrogens is 452 g/mol. The van der Waals surface area contributed by atoms with Gasteiger partial charge in [0.25, 0.3) is 17.5 Å². The maximum absolute atomic E-state index is 12.5. The van der Waals surface area contributed by atoms with Crippen molar-refractivity contribution in [1.29, 1.82) is 0 Å². The number of halogens is 1. The second-order valence-electron chi connectivity index (χ2n) is 6.03. The van der Waals surface area contributed by atoms with Crippen LogP contribution < -0.4 is 16.0 Å². The number of carbonyl (C=O) groups excluding carboxylic acids is 2. The molecule has 2 amide bonds. The minimum Gasteiger partial charge on any atom is -0.492 e. The van der Waals surface area contributed by atoms with E-state index in [-0.39, 0.29) is 41.3 Å². The predicted molar refractivity (Wildman–Crippen MR) is 111 cm³/mol. The van der Waals surface area contributed by atoms with Crippen LogP contribution in [0.15, 0.2) is 47.5 Å². The van der Waals surface area contributed by atoms with Crippen molar-refractivity contribution in [3.05, 3.63) is 82.6 Å². The number of nitro groups is 1. The molecule has 0 radical (unpaired) electrons. The first kappa shape index (κ1) is 19.9. The zero-order valence-corrected chi connectivity index (χ0v) is 17.0. The van der Waals surface area contributed by atoms with E-state index in [9.17, 15) is 24.8 Å². The summed E-state index contributed by atoms with van der Waals surface area (Å²) in [5.41, 5.74) is 2.33. The number of nitrogens with zero attached hydrogens (tertiary/aromatic N) is 3. The molecule has 0 saturated carbocycles. The number of hydrogen-bond acceptors (Lipinski definition) is 7. The Morgan fingerprint density at radius 3 is 2.73 bits per heavy atom. The van der Waals surface area contributed by atoms with Gasteiger partial charge in [-0.05, 0) is 30.4 Å². The number of hydrogen-bond donors (Lipinski definition) is 2. The number of aromatic hydroxyl groups is 1. The fourth-order valence-corrected chi connectivity index (χ4v) is 4.35. The SMILES string of the molecule is O=C1N=c2ccc([N+](=O)[O-])cc2=C1c1sc(=S)n(NC(=O)c2ccccc2Cl)c1O. The maximum Gasteiger partial charge on any atom is 0.279 e. The molecule has 2 N–H and O–H groups in total. The molecule has 2 aromatic carbocycles. The Bertz CT molecular complexity index is 1440. The van der Waals surface area contributed by atoms with Crippen LogP contribution in [0.25, 0.3) is 5.57 Å². The summed E-state index contributed by atoms with van der Waals surface area (Å²) >= 11 is 12.1. The first-order chi connectivity index (χ1) is 14.3. The molecule has 0 atom stereocenters. The molecule has 12 heteroatoms. The van der Waals surface area contributed by atoms with Crippen molar-refractivity contribution >= 4 is 58.2 Å². The van der Waals surface area contributed by atoms with Gasteiger partial charge in [-0.15, -0.1) is 0 Å². The first-order valence-corrected chi connectivity index (χ1v) is 9.81. The molecule has 0 bridgehead atoms. The van der Waals surface area contributed by atoms with Crippen LogP contribution >= 0.6 is 35.2 Å². The van der Waals surface area contributed by atoms with Crippen molar-refractivity contribution < 1.29 is 19.6 Å². The van der Waals surface area contributed by atoms with E-state index in [1.807, 2.05) is 0 Å². The number of non-ortho nitro benzene ring substituents is 1. The molecule has 2 heterocycles. The van der Waals surface area contributed by atoms with Crippen LogP contribution in [-0.4, -0.2) is 26.5 Å². The van der Waals surface area contributed by atoms with Crippen molar-refractivity contribution in [2.24, 2.45) is 4.99 Å². The van der Waals surface area contributed by atoms with Gasteiger partial charge in [-0.25, -0.2) is 4.99 Å². The zero-order chi connectivity index (χ0) is 21.6. The van der Waals surface area contributed by atoms with Gasteiger partial charge in [0.15, 0.2) is 3.95 Å². The molecule has 150 valence electrons. The van der Waals surface area contributed by atoms with Gasteiger partial charge in [0.1, 0.15) is 4.88 Å². The summed E-state index contributed by atoms with van der Waals surface area (Å²) in [7, 11) is 0. The lowest BCUT2D eigenvalue weighted by molar-refractivity contribution is -0.385. The largest absolute Gasteiger partial charge is 0.492 e. The third-order valence-electron chi connectivity index (χ3n) is 4.24. The lowest BCUT2D eigenvalue weighted by Gasteiger charge is -2.08. The Morgan fingerprint density at radius 1 is 1.30 bits per heavy atom. The highest BCUT2D eigenvalue weighted by Crippen LogP contribution is 2.32. The van der Waals surface area contributed by atoms with E-state index >= 15 is 0 Å². The Balaban J connectivity index is 1.83. The zero-order valence-electron chi connectivity index (χ0n) is 14.7. The third kappa shape index (κ3) is 3.28. The fourth-order valence-electron chi connectivity index (χ4n) is 2.87. The lowest BCUT2D eigenvalue weighted by Crippen LogP contribution is -2.24. The number of nitrogens with one attached hydrogen (secondary N) is 1. The number of thiazole rings is 1. The van der Waals surface area contributed by atoms with E-state index < -0.39 is 22.6 Å². The van der Waals surface area contributed by atoms with Crippen molar-refractivity contribution in [2.75, 3.05) is 5.43 Å². The van der Waals surface area contributed by atoms with E-state index in [1.165, 1.54) is 30.3 Å². The third-order valence-corrected chi connectivity index (χ3v) is 5.95. The normalized spacial score (nSPS) is 12.4. The molecule has 0 aliphatic carbocycles. The summed E-state index contributed by atoms with van der Waals surface area (Å²) in [5, 5.41) is 22.4. The molecule has 0 unspecified atom stereocenters. The number of aromatic nitrogens is 1. The number of benzene rings is 2. The summed E-state index contributed by atoms with van der Waals surface area (Å²) in [5.74, 6) is -1.80. The molecule has 0 fully saturated rings. The predicted octanol–water partition coefficient (Wildman–Crippen LogP) is 2.29. The molecular formula is C18H9ClN4O5S2. The molecule has 0 saturated heterocycles. The number of carbonyl (C=O) groups is 2. The molecule has 9 nitrogen and oxygen atoms in total. The first-order valence-electron chi connectivity index (χ1n) is 8.21. The molecule has 1 aliphatic rings. The summed E-state index contributed by atoms with van der Waals surface area (Å²) in [4.78, 5) is 39.3. The van der Waals surface area contributed by atoms with Crippen LogP contribution in [0, 0.1) is 14.1 Å². The van der Waals surface area contributed by atoms with E-state index in [4.69, 9.17) is 23.8 Å². The van der Waals surface area contributed by atoms with Crippen LogP contribution in [0.2, 0.25) is 5.02 Å². The Labute approximate surface area is 181 Å². The fraction of sp³-hybridized carbons (Fsp3) is 0. The van der Waals surface area contributed by atoms with Crippen LogP contribution in [0.3, 0.4) is 0 Å². The van der Waals surface area contributed by atoms with E-state index in [0.717, 1.165) is 16.0 Å². The topological polar surface area (TPSA) is 127 Å². The minimum absolute atomic E-state index is 0.0342. The number of rotatable bonds is 4. The number of fused-ring (bicyclic) bond motifs is 1. The molecule has 1 aliphatic heterocycles. The van der Waals surface area contributed by atoms with E-state index in [2.05, 4.69) is 10.4 Å². The average molecular weight is 461 g/mol. The average Bonchev–Trinajstić information content (AvgIpc) is 3.17. The van der Waals surface area contributed by atoms with Crippen LogP contribution in [-0.2, 0) is 4.79 Å². The van der Waals surface area contributed by atoms with Crippen LogP contribution in [0.1, 0.15) is 15.2 Å². The molecule has 3 aromatic rings. The highest BCUT2D eigenvalue weighted by molar-refractivity contribution is 7.73. The molecule has 0 spiro atoms. The van der Waals surface area contributed by atoms with Crippen molar-refractivity contribution in [3.63, 3.8) is 0 Å². The van der Waals surface area contributed by atoms with Crippen molar-refractivity contribution in [2.45, 2.75) is 0 Å². The number of nitro benzene ring substituents is 1. The van der Waals surface area contributed by atoms with Gasteiger partial charge in [-0.2, -0.15) is 4.68 Å². The summed E-state index contributed by atoms with van der Waals surface area (Å²) in [6.07, 6.45) is 0. The van der Waals surface area contributed by atoms with Crippen molar-refractivity contribution in [1.82, 2.24) is 4.68 Å². The monoisotopic (exact) mass is 460 g/mol. The second kappa shape index (κ2) is 7.44. The number of amides is 2. The van der Waals surface area contributed by atoms with Crippen LogP contribution in [0.5, 0.6) is 5.88 Å². The summed E-state index contributed by atoms with van der Waals surface area (Å²) < 4.78 is 0.985. The smallest absolute Gasteiger partial charge is 0.279 e. The second-order valence-corrected chi connectivity index (χ2v) is 8.08. The van der Waals surface area contributed by atoms with Gasteiger partial charge < -0.3 is 5.11 Å². The highest BCUT2D eigenvalue weighted by atomic mass is 35.5. The molecule has 4 rings (SSSR count). The van der Waals surface area contributed by atoms with Gasteiger partial charge in [-0.1, -0.05) is 35.1 Å². The van der Waals surface area contributed by atoms with E-state index in [0.29, 0.717) is 0 Å². The van der Waals surface area contributed by atoms with E-state index in [1.54, 1.807) is 12.1 Å². The minimum atomic E-state index is -0.679. The molecule has 30 heavy (non-hydrogen) atoms. The maximum atomic E-state index is 12.5.